The van der Waals surface area contributed by atoms with Gasteiger partial charge in [-0.1, -0.05) is 125 Å². The van der Waals surface area contributed by atoms with Crippen LogP contribution in [0.3, 0.4) is 0 Å². The van der Waals surface area contributed by atoms with Crippen LogP contribution in [0.15, 0.2) is 128 Å². The number of aromatic amines is 1. The molecule has 0 spiro atoms. The highest BCUT2D eigenvalue weighted by Gasteiger charge is 2.47. The lowest BCUT2D eigenvalue weighted by molar-refractivity contribution is -0.152. The zero-order valence-corrected chi connectivity index (χ0v) is 75.9. The molecule has 1 aromatic heterocycles. The van der Waals surface area contributed by atoms with Crippen LogP contribution in [0.4, 0.5) is 13.2 Å². The fourth-order valence-corrected chi connectivity index (χ4v) is 16.5. The lowest BCUT2D eigenvalue weighted by atomic mass is 9.98. The number of carbonyl (C=O) groups is 17. The predicted molar refractivity (Wildman–Crippen MR) is 480 cm³/mol. The molecule has 0 aliphatic carbocycles. The van der Waals surface area contributed by atoms with Gasteiger partial charge in [0.05, 0.1) is 43.4 Å². The second-order valence-electron chi connectivity index (χ2n) is 33.4. The van der Waals surface area contributed by atoms with Crippen LogP contribution < -0.4 is 59.3 Å². The standard InChI is InChI=1S/C91H116F3N17O22S/c1-8-9-24-69(90(132)111-46-57(114)40-71(111)86(128)104-66(42-77(120)121)84(126)106-79(49(2)3)91(133)108(6)70(37-50-18-12-10-13-19-50)85(127)101-62(29-30-73(95)115)88(130)110-32-31-56(113)45-110)107(5)89(131)72(38-51-20-14-11-15-21-51)109(7)87(129)67(36-53-33-59(92)78(94)60(93)34-53)100-75(117)48-134-47-68(80(122)99-44-74(96)116)105-83(125)65(41-76(118)119)103-82(124)64(35-52-25-27-55(112)28-26-52)102-81(123)63(97-4)39-54-43-98-61-23-17-16-22-58(54)61/h10-23,25-28,33-34,43,49,56-57,62-72,79,97-98,112-114H,8-9,24,29-32,35-42,44-48H2,1-7H3,(H2,95,115)(H2,96,116)(H,99,122)(H,100,117)(H,101,127)(H,102,123)(H,103,124)(H,104,128)(H,105,125)(H,106,126)(H,118,119)(H,120,121)/t56-,57-,62+,63+,64+,65+,66+,67+,68+,69+,70?,71-,72+,79+/m1/s1. The molecular weight excluding hydrogens is 1770 g/mol. The number of phenols is 1. The van der Waals surface area contributed by atoms with Crippen molar-refractivity contribution in [1.29, 1.82) is 0 Å². The molecule has 0 saturated carbocycles. The molecular formula is C91H116F3N17O22S. The van der Waals surface area contributed by atoms with E-state index in [0.29, 0.717) is 47.0 Å². The molecule has 0 radical (unpaired) electrons. The summed E-state index contributed by atoms with van der Waals surface area (Å²) in [6.45, 7) is 3.47. The van der Waals surface area contributed by atoms with Crippen LogP contribution in [0, 0.1) is 23.4 Å². The van der Waals surface area contributed by atoms with Gasteiger partial charge in [0.15, 0.2) is 17.5 Å². The number of halogens is 3. The highest BCUT2D eigenvalue weighted by Crippen LogP contribution is 2.28. The first-order chi connectivity index (χ1) is 63.6. The van der Waals surface area contributed by atoms with Crippen LogP contribution in [0.2, 0.25) is 0 Å². The molecule has 39 nitrogen and oxygen atoms in total. The number of nitrogens with zero attached hydrogens (tertiary/aromatic N) is 5. The van der Waals surface area contributed by atoms with E-state index in [9.17, 15) is 97.0 Å². The Hall–Kier alpha value is -13.6. The molecule has 724 valence electrons. The van der Waals surface area contributed by atoms with Crippen LogP contribution >= 0.6 is 11.8 Å². The molecule has 134 heavy (non-hydrogen) atoms. The van der Waals surface area contributed by atoms with Crippen LogP contribution in [0.25, 0.3) is 10.9 Å². The number of aromatic nitrogens is 1. The van der Waals surface area contributed by atoms with Crippen molar-refractivity contribution in [2.75, 3.05) is 65.9 Å². The quantitative estimate of drug-likeness (QED) is 0.0208. The lowest BCUT2D eigenvalue weighted by Gasteiger charge is -2.38. The molecule has 2 aliphatic heterocycles. The number of likely N-dealkylation sites (N-methyl/N-ethyl adjacent to an activating group) is 4. The fraction of sp³-hybridized carbons (Fsp3) is 0.462. The number of fused-ring (bicyclic) bond motifs is 1. The summed E-state index contributed by atoms with van der Waals surface area (Å²) >= 11 is 0.571. The Morgan fingerprint density at radius 2 is 1.07 bits per heavy atom. The zero-order valence-electron chi connectivity index (χ0n) is 75.0. The average molecular weight is 1890 g/mol. The van der Waals surface area contributed by atoms with Gasteiger partial charge in [0, 0.05) is 102 Å². The van der Waals surface area contributed by atoms with Gasteiger partial charge in [-0.3, -0.25) is 81.5 Å². The Bertz CT molecular complexity index is 5180. The first-order valence-corrected chi connectivity index (χ1v) is 44.7. The third-order valence-corrected chi connectivity index (χ3v) is 24.1. The van der Waals surface area contributed by atoms with Gasteiger partial charge in [-0.05, 0) is 96.8 Å². The lowest BCUT2D eigenvalue weighted by Crippen LogP contribution is -2.61. The number of phenolic OH excluding ortho intramolecular Hbond substituents is 1. The maximum Gasteiger partial charge on any atom is 0.305 e. The van der Waals surface area contributed by atoms with Gasteiger partial charge in [-0.2, -0.15) is 0 Å². The van der Waals surface area contributed by atoms with E-state index in [1.165, 1.54) is 64.2 Å². The highest BCUT2D eigenvalue weighted by atomic mass is 32.2. The number of amides is 15. The topological polar surface area (TPSA) is 584 Å². The molecule has 5 aromatic carbocycles. The van der Waals surface area contributed by atoms with Crippen molar-refractivity contribution in [2.45, 2.75) is 195 Å². The first kappa shape index (κ1) is 106. The number of para-hydroxylation sites is 1. The molecule has 2 aliphatic rings. The number of β-amino-alcohol motifs (C(OH)–C–C–N with tert-alkyl or cyclic N) is 2. The smallest absolute Gasteiger partial charge is 0.305 e. The maximum absolute atomic E-state index is 15.7. The van der Waals surface area contributed by atoms with Gasteiger partial charge < -0.3 is 114 Å². The van der Waals surface area contributed by atoms with E-state index in [0.717, 1.165) is 43.1 Å². The second kappa shape index (κ2) is 50.3. The number of rotatable bonds is 50. The van der Waals surface area contributed by atoms with E-state index in [4.69, 9.17) is 11.5 Å². The molecule has 2 fully saturated rings. The summed E-state index contributed by atoms with van der Waals surface area (Å²) in [5, 5.41) is 75.4. The number of aliphatic hydroxyl groups is 2. The molecule has 0 bridgehead atoms. The maximum atomic E-state index is 15.7. The molecule has 15 amide bonds. The second-order valence-corrected chi connectivity index (χ2v) is 34.5. The summed E-state index contributed by atoms with van der Waals surface area (Å²) in [4.78, 5) is 248. The minimum Gasteiger partial charge on any atom is -0.508 e. The summed E-state index contributed by atoms with van der Waals surface area (Å²) in [5.74, 6) is -26.1. The van der Waals surface area contributed by atoms with E-state index in [1.54, 1.807) is 73.8 Å². The van der Waals surface area contributed by atoms with Crippen LogP contribution in [0.5, 0.6) is 5.75 Å². The fourth-order valence-electron chi connectivity index (χ4n) is 15.7. The number of aliphatic hydroxyl groups excluding tert-OH is 2. The first-order valence-electron chi connectivity index (χ1n) is 43.5. The average Bonchev–Trinajstić information content (AvgIpc) is 1.57. The van der Waals surface area contributed by atoms with Gasteiger partial charge >= 0.3 is 11.9 Å². The number of H-pyrrole nitrogens is 1. The van der Waals surface area contributed by atoms with Crippen molar-refractivity contribution in [1.82, 2.24) is 77.3 Å². The number of hydrogen-bond acceptors (Lipinski definition) is 22. The number of likely N-dealkylation sites (tertiary alicyclic amines) is 2. The summed E-state index contributed by atoms with van der Waals surface area (Å²) in [6.07, 6.45) is -4.82. The summed E-state index contributed by atoms with van der Waals surface area (Å²) in [7, 11) is 5.10. The van der Waals surface area contributed by atoms with Gasteiger partial charge in [-0.15, -0.1) is 11.8 Å². The normalized spacial score (nSPS) is 16.6. The molecule has 8 rings (SSSR count). The number of thioether (sulfide) groups is 1. The number of carboxylic acid groups (broad SMARTS) is 2. The number of nitrogens with two attached hydrogens (primary N) is 2. The number of benzene rings is 5. The number of unbranched alkanes of at least 4 members (excludes halogenated alkanes) is 1. The van der Waals surface area contributed by atoms with Crippen molar-refractivity contribution in [2.24, 2.45) is 17.4 Å². The van der Waals surface area contributed by atoms with Crippen LogP contribution in [-0.2, 0) is 114 Å². The summed E-state index contributed by atoms with van der Waals surface area (Å²) in [6, 6.07) is 10.6. The number of primary amides is 2. The number of nitrogens with one attached hydrogen (secondary N) is 10. The van der Waals surface area contributed by atoms with Gasteiger partial charge in [0.25, 0.3) is 0 Å². The van der Waals surface area contributed by atoms with Crippen molar-refractivity contribution < 1.29 is 120 Å². The van der Waals surface area contributed by atoms with Crippen LogP contribution in [-0.4, -0.2) is 306 Å². The number of carbonyl (C=O) groups excluding carboxylic acids is 15. The Morgan fingerprint density at radius 3 is 1.66 bits per heavy atom. The van der Waals surface area contributed by atoms with E-state index < -0.39 is 264 Å². The molecule has 3 heterocycles. The Kier molecular flexibility index (Phi) is 39.8. The number of hydrogen-bond donors (Lipinski definition) is 17. The molecule has 43 heteroatoms. The van der Waals surface area contributed by atoms with E-state index >= 15 is 23.2 Å². The molecule has 19 N–H and O–H groups in total. The zero-order chi connectivity index (χ0) is 98.5. The van der Waals surface area contributed by atoms with Crippen molar-refractivity contribution >= 4 is 123 Å². The highest BCUT2D eigenvalue weighted by molar-refractivity contribution is 8.00. The van der Waals surface area contributed by atoms with Crippen molar-refractivity contribution in [3.63, 3.8) is 0 Å². The Morgan fingerprint density at radius 1 is 0.537 bits per heavy atom. The Labute approximate surface area is 774 Å². The Balaban J connectivity index is 1.01. The summed E-state index contributed by atoms with van der Waals surface area (Å²) < 4.78 is 45.0. The molecule has 2 saturated heterocycles. The van der Waals surface area contributed by atoms with E-state index in [-0.39, 0.29) is 76.6 Å². The third kappa shape index (κ3) is 30.5. The summed E-state index contributed by atoms with van der Waals surface area (Å²) in [5.41, 5.74) is 13.2. The van der Waals surface area contributed by atoms with E-state index in [2.05, 4.69) is 52.8 Å². The predicted octanol–water partition coefficient (Wildman–Crippen LogP) is -0.783. The largest absolute Gasteiger partial charge is 0.508 e. The minimum atomic E-state index is -2.03. The van der Waals surface area contributed by atoms with Gasteiger partial charge in [0.2, 0.25) is 88.6 Å². The molecule has 6 aromatic rings. The number of aromatic hydroxyl groups is 1. The SMILES string of the molecule is CCCC[C@@H](C(=O)N1C[C@H](O)C[C@@H]1C(=O)N[C@@H](CC(=O)O)C(=O)N[C@H](C(=O)N(C)C(Cc1ccccc1)C(=O)N[C@@H](CCC(N)=O)C(=O)N1CC[C@@H](O)C1)C(C)C)N(C)C(=O)[C@H](Cc1ccccc1)N(C)C(=O)[C@H](Cc1cc(F)c(F)c(F)c1)NC(=O)CSC[C@H](NC(=O)[C@H](CC(=O)O)NC(=O)[C@H](Cc1ccc(O)cc1)NC(=O)[C@H](Cc1c[nH]c2ccccc12)NC)C(=O)NCC(N)=O. The number of aliphatic carboxylic acids is 2. The number of carboxylic acids is 2. The van der Waals surface area contributed by atoms with E-state index in [1.807, 2.05) is 24.3 Å². The molecule has 14 atom stereocenters. The van der Waals surface area contributed by atoms with Gasteiger partial charge in [-0.25, -0.2) is 13.2 Å². The van der Waals surface area contributed by atoms with Crippen molar-refractivity contribution in [3.8, 4) is 5.75 Å². The third-order valence-electron chi connectivity index (χ3n) is 23.1. The van der Waals surface area contributed by atoms with Gasteiger partial charge in [0.1, 0.15) is 72.2 Å². The van der Waals surface area contributed by atoms with Crippen LogP contribution in [0.1, 0.15) is 106 Å². The van der Waals surface area contributed by atoms with Crippen molar-refractivity contribution in [3.05, 3.63) is 173 Å². The minimum absolute atomic E-state index is 0.0553. The molecule has 1 unspecified atom stereocenters. The monoisotopic (exact) mass is 1890 g/mol.